The zero-order valence-electron chi connectivity index (χ0n) is 18.4. The smallest absolute Gasteiger partial charge is 0.245 e. The molecule has 0 unspecified atom stereocenters. The Morgan fingerprint density at radius 3 is 2.26 bits per heavy atom. The van der Waals surface area contributed by atoms with Gasteiger partial charge in [-0.3, -0.25) is 9.59 Å². The van der Waals surface area contributed by atoms with Gasteiger partial charge >= 0.3 is 0 Å². The minimum atomic E-state index is -3.61. The maximum absolute atomic E-state index is 13.0. The summed E-state index contributed by atoms with van der Waals surface area (Å²) < 4.78 is 32.4. The molecule has 8 nitrogen and oxygen atoms in total. The summed E-state index contributed by atoms with van der Waals surface area (Å²) in [5.74, 6) is 0.0471. The lowest BCUT2D eigenvalue weighted by Crippen LogP contribution is -2.61. The molecule has 3 rings (SSSR count). The SMILES string of the molecule is CCNC(=O)C1(NC(=O)C2CCN(S(=O)(=O)c3ccc(OC)cc3)CC2)CCCCC1. The number of piperidine rings is 1. The number of likely N-dealkylation sites (N-methyl/N-ethyl adjacent to an activating group) is 1. The lowest BCUT2D eigenvalue weighted by molar-refractivity contribution is -0.137. The summed E-state index contributed by atoms with van der Waals surface area (Å²) in [6, 6.07) is 6.31. The molecule has 172 valence electrons. The second kappa shape index (κ2) is 9.99. The Morgan fingerprint density at radius 2 is 1.71 bits per heavy atom. The summed E-state index contributed by atoms with van der Waals surface area (Å²) in [7, 11) is -2.08. The lowest BCUT2D eigenvalue weighted by Gasteiger charge is -2.38. The number of nitrogens with zero attached hydrogens (tertiary/aromatic N) is 1. The van der Waals surface area contributed by atoms with Crippen molar-refractivity contribution in [1.29, 1.82) is 0 Å². The van der Waals surface area contributed by atoms with Crippen LogP contribution in [0.4, 0.5) is 0 Å². The molecule has 0 bridgehead atoms. The van der Waals surface area contributed by atoms with E-state index in [2.05, 4.69) is 10.6 Å². The number of sulfonamides is 1. The van der Waals surface area contributed by atoms with Crippen LogP contribution in [0, 0.1) is 5.92 Å². The van der Waals surface area contributed by atoms with Gasteiger partial charge in [-0.25, -0.2) is 8.42 Å². The van der Waals surface area contributed by atoms with Gasteiger partial charge in [0.1, 0.15) is 11.3 Å². The van der Waals surface area contributed by atoms with Crippen molar-refractivity contribution in [3.63, 3.8) is 0 Å². The van der Waals surface area contributed by atoms with Gasteiger partial charge in [0, 0.05) is 25.6 Å². The number of benzene rings is 1. The Bertz CT molecular complexity index is 871. The van der Waals surface area contributed by atoms with Crippen molar-refractivity contribution in [2.24, 2.45) is 5.92 Å². The van der Waals surface area contributed by atoms with E-state index in [4.69, 9.17) is 4.74 Å². The fourth-order valence-corrected chi connectivity index (χ4v) is 5.96. The number of hydrogen-bond donors (Lipinski definition) is 2. The lowest BCUT2D eigenvalue weighted by atomic mass is 9.80. The Balaban J connectivity index is 1.62. The van der Waals surface area contributed by atoms with E-state index in [9.17, 15) is 18.0 Å². The maximum atomic E-state index is 13.0. The van der Waals surface area contributed by atoms with Crippen molar-refractivity contribution in [3.8, 4) is 5.75 Å². The molecule has 1 saturated heterocycles. The molecule has 1 heterocycles. The summed E-state index contributed by atoms with van der Waals surface area (Å²) in [5.41, 5.74) is -0.836. The molecule has 1 aliphatic carbocycles. The van der Waals surface area contributed by atoms with Crippen molar-refractivity contribution in [2.45, 2.75) is 62.3 Å². The van der Waals surface area contributed by atoms with Gasteiger partial charge in [0.25, 0.3) is 0 Å². The Kier molecular flexibility index (Phi) is 7.59. The summed E-state index contributed by atoms with van der Waals surface area (Å²) in [6.45, 7) is 2.95. The standard InChI is InChI=1S/C22H33N3O5S/c1-3-23-21(27)22(13-5-4-6-14-22)24-20(26)17-11-15-25(16-12-17)31(28,29)19-9-7-18(30-2)8-10-19/h7-10,17H,3-6,11-16H2,1-2H3,(H,23,27)(H,24,26). The van der Waals surface area contributed by atoms with Crippen LogP contribution in [0.15, 0.2) is 29.2 Å². The minimum absolute atomic E-state index is 0.109. The molecule has 2 aliphatic rings. The quantitative estimate of drug-likeness (QED) is 0.660. The van der Waals surface area contributed by atoms with E-state index in [0.717, 1.165) is 19.3 Å². The fraction of sp³-hybridized carbons (Fsp3) is 0.636. The average Bonchev–Trinajstić information content (AvgIpc) is 2.80. The highest BCUT2D eigenvalue weighted by atomic mass is 32.2. The first kappa shape index (κ1) is 23.5. The van der Waals surface area contributed by atoms with E-state index in [0.29, 0.717) is 38.0 Å². The van der Waals surface area contributed by atoms with E-state index in [1.165, 1.54) is 23.5 Å². The minimum Gasteiger partial charge on any atom is -0.497 e. The number of ether oxygens (including phenoxy) is 1. The highest BCUT2D eigenvalue weighted by Gasteiger charge is 2.42. The van der Waals surface area contributed by atoms with Crippen molar-refractivity contribution in [3.05, 3.63) is 24.3 Å². The number of carbonyl (C=O) groups is 2. The van der Waals surface area contributed by atoms with Gasteiger partial charge in [-0.1, -0.05) is 19.3 Å². The molecule has 2 amide bonds. The van der Waals surface area contributed by atoms with Crippen molar-refractivity contribution >= 4 is 21.8 Å². The van der Waals surface area contributed by atoms with Crippen LogP contribution in [0.25, 0.3) is 0 Å². The average molecular weight is 452 g/mol. The van der Waals surface area contributed by atoms with Crippen LogP contribution < -0.4 is 15.4 Å². The molecule has 31 heavy (non-hydrogen) atoms. The van der Waals surface area contributed by atoms with Crippen LogP contribution in [0.2, 0.25) is 0 Å². The van der Waals surface area contributed by atoms with Gasteiger partial charge in [0.05, 0.1) is 12.0 Å². The van der Waals surface area contributed by atoms with Crippen LogP contribution in [0.1, 0.15) is 51.9 Å². The molecule has 1 saturated carbocycles. The van der Waals surface area contributed by atoms with Crippen LogP contribution in [0.5, 0.6) is 5.75 Å². The number of nitrogens with one attached hydrogen (secondary N) is 2. The van der Waals surface area contributed by atoms with E-state index in [-0.39, 0.29) is 35.7 Å². The Hall–Kier alpha value is -2.13. The van der Waals surface area contributed by atoms with E-state index >= 15 is 0 Å². The number of amides is 2. The van der Waals surface area contributed by atoms with E-state index in [1.54, 1.807) is 12.1 Å². The molecular weight excluding hydrogens is 418 g/mol. The second-order valence-electron chi connectivity index (χ2n) is 8.35. The van der Waals surface area contributed by atoms with Gasteiger partial charge < -0.3 is 15.4 Å². The first-order valence-corrected chi connectivity index (χ1v) is 12.5. The molecule has 0 radical (unpaired) electrons. The van der Waals surface area contributed by atoms with Gasteiger partial charge in [-0.2, -0.15) is 4.31 Å². The van der Waals surface area contributed by atoms with Crippen molar-refractivity contribution in [1.82, 2.24) is 14.9 Å². The van der Waals surface area contributed by atoms with E-state index < -0.39 is 15.6 Å². The number of rotatable bonds is 7. The molecule has 0 aromatic heterocycles. The van der Waals surface area contributed by atoms with Crippen LogP contribution in [-0.4, -0.2) is 56.8 Å². The molecule has 0 atom stereocenters. The number of carbonyl (C=O) groups excluding carboxylic acids is 2. The van der Waals surface area contributed by atoms with Gasteiger partial charge in [-0.05, 0) is 56.9 Å². The Labute approximate surface area is 184 Å². The summed E-state index contributed by atoms with van der Waals surface area (Å²) >= 11 is 0. The third-order valence-corrected chi connectivity index (χ3v) is 8.28. The molecule has 2 N–H and O–H groups in total. The zero-order valence-corrected chi connectivity index (χ0v) is 19.2. The fourth-order valence-electron chi connectivity index (χ4n) is 4.49. The predicted molar refractivity (Wildman–Crippen MR) is 117 cm³/mol. The summed E-state index contributed by atoms with van der Waals surface area (Å²) in [5, 5.41) is 5.92. The van der Waals surface area contributed by atoms with Gasteiger partial charge in [0.15, 0.2) is 0 Å². The second-order valence-corrected chi connectivity index (χ2v) is 10.3. The molecule has 1 aromatic rings. The molecule has 1 aliphatic heterocycles. The van der Waals surface area contributed by atoms with E-state index in [1.807, 2.05) is 6.92 Å². The van der Waals surface area contributed by atoms with Gasteiger partial charge in [0.2, 0.25) is 21.8 Å². The molecule has 1 aromatic carbocycles. The third kappa shape index (κ3) is 5.20. The predicted octanol–water partition coefficient (Wildman–Crippen LogP) is 2.05. The van der Waals surface area contributed by atoms with Crippen molar-refractivity contribution < 1.29 is 22.7 Å². The summed E-state index contributed by atoms with van der Waals surface area (Å²) in [6.07, 6.45) is 5.06. The highest BCUT2D eigenvalue weighted by Crippen LogP contribution is 2.30. The molecular formula is C22H33N3O5S. The first-order valence-electron chi connectivity index (χ1n) is 11.1. The van der Waals surface area contributed by atoms with Gasteiger partial charge in [-0.15, -0.1) is 0 Å². The zero-order chi connectivity index (χ0) is 22.5. The molecule has 0 spiro atoms. The van der Waals surface area contributed by atoms with Crippen molar-refractivity contribution in [2.75, 3.05) is 26.7 Å². The van der Waals surface area contributed by atoms with Crippen LogP contribution in [-0.2, 0) is 19.6 Å². The summed E-state index contributed by atoms with van der Waals surface area (Å²) in [4.78, 5) is 25.9. The third-order valence-electron chi connectivity index (χ3n) is 6.36. The number of hydrogen-bond acceptors (Lipinski definition) is 5. The molecule has 2 fully saturated rings. The number of methoxy groups -OCH3 is 1. The largest absolute Gasteiger partial charge is 0.497 e. The normalized spacial score (nSPS) is 20.1. The first-order chi connectivity index (χ1) is 14.8. The Morgan fingerprint density at radius 1 is 1.10 bits per heavy atom. The highest BCUT2D eigenvalue weighted by molar-refractivity contribution is 7.89. The van der Waals surface area contributed by atoms with Crippen LogP contribution in [0.3, 0.4) is 0 Å². The topological polar surface area (TPSA) is 105 Å². The van der Waals surface area contributed by atoms with Crippen LogP contribution >= 0.6 is 0 Å². The maximum Gasteiger partial charge on any atom is 0.245 e. The monoisotopic (exact) mass is 451 g/mol. The molecule has 9 heteroatoms.